The van der Waals surface area contributed by atoms with Gasteiger partial charge < -0.3 is 9.84 Å². The van der Waals surface area contributed by atoms with Gasteiger partial charge in [-0.3, -0.25) is 0 Å². The predicted molar refractivity (Wildman–Crippen MR) is 86.7 cm³/mol. The Morgan fingerprint density at radius 1 is 1.24 bits per heavy atom. The molecule has 112 valence electrons. The molecule has 1 fully saturated rings. The van der Waals surface area contributed by atoms with Crippen LogP contribution in [0.25, 0.3) is 11.4 Å². The molecule has 2 atom stereocenters. The summed E-state index contributed by atoms with van der Waals surface area (Å²) in [5.41, 5.74) is 2.34. The number of nitrogens with zero attached hydrogens (tertiary/aromatic N) is 2. The average Bonchev–Trinajstić information content (AvgIpc) is 3.15. The Labute approximate surface area is 129 Å². The first-order valence-corrected chi connectivity index (χ1v) is 8.53. The number of rotatable bonds is 4. The maximum Gasteiger partial charge on any atom is 0.232 e. The van der Waals surface area contributed by atoms with Crippen molar-refractivity contribution >= 4 is 11.8 Å². The van der Waals surface area contributed by atoms with Gasteiger partial charge in [0, 0.05) is 23.1 Å². The Balaban J connectivity index is 1.81. The monoisotopic (exact) mass is 303 g/mol. The molecule has 0 aliphatic carbocycles. The van der Waals surface area contributed by atoms with Gasteiger partial charge in [-0.15, -0.1) is 0 Å². The van der Waals surface area contributed by atoms with Gasteiger partial charge in [0.05, 0.1) is 5.92 Å². The Morgan fingerprint density at radius 2 is 2.00 bits per heavy atom. The third kappa shape index (κ3) is 2.99. The van der Waals surface area contributed by atoms with Crippen LogP contribution in [0.1, 0.15) is 37.1 Å². The largest absolute Gasteiger partial charge is 0.339 e. The van der Waals surface area contributed by atoms with Crippen LogP contribution in [0, 0.1) is 0 Å². The molecule has 3 rings (SSSR count). The molecule has 2 unspecified atom stereocenters. The highest BCUT2D eigenvalue weighted by Crippen LogP contribution is 2.32. The van der Waals surface area contributed by atoms with Gasteiger partial charge in [0.25, 0.3) is 0 Å². The Morgan fingerprint density at radius 3 is 2.67 bits per heavy atom. The van der Waals surface area contributed by atoms with Crippen molar-refractivity contribution in [2.24, 2.45) is 0 Å². The summed E-state index contributed by atoms with van der Waals surface area (Å²) in [5, 5.41) is 7.48. The van der Waals surface area contributed by atoms with E-state index in [-0.39, 0.29) is 0 Å². The van der Waals surface area contributed by atoms with Crippen LogP contribution in [0.4, 0.5) is 0 Å². The van der Waals surface area contributed by atoms with E-state index in [1.165, 1.54) is 5.56 Å². The molecule has 0 spiro atoms. The van der Waals surface area contributed by atoms with Crippen LogP contribution in [-0.2, 0) is 0 Å². The van der Waals surface area contributed by atoms with Crippen LogP contribution in [0.5, 0.6) is 0 Å². The molecule has 1 aliphatic rings. The van der Waals surface area contributed by atoms with Crippen molar-refractivity contribution in [2.45, 2.75) is 31.7 Å². The van der Waals surface area contributed by atoms with Gasteiger partial charge in [-0.2, -0.15) is 16.7 Å². The van der Waals surface area contributed by atoms with E-state index < -0.39 is 0 Å². The summed E-state index contributed by atoms with van der Waals surface area (Å²) < 4.78 is 5.50. The van der Waals surface area contributed by atoms with E-state index in [1.54, 1.807) is 0 Å². The highest BCUT2D eigenvalue weighted by molar-refractivity contribution is 7.99. The van der Waals surface area contributed by atoms with E-state index in [9.17, 15) is 0 Å². The predicted octanol–water partition coefficient (Wildman–Crippen LogP) is 3.28. The molecule has 2 aromatic rings. The fourth-order valence-corrected chi connectivity index (χ4v) is 4.02. The van der Waals surface area contributed by atoms with E-state index in [1.807, 2.05) is 18.8 Å². The third-order valence-electron chi connectivity index (χ3n) is 4.05. The highest BCUT2D eigenvalue weighted by Gasteiger charge is 2.32. The molecule has 0 radical (unpaired) electrons. The maximum atomic E-state index is 5.50. The molecular weight excluding hydrogens is 282 g/mol. The second-order valence-electron chi connectivity index (χ2n) is 5.77. The molecule has 21 heavy (non-hydrogen) atoms. The maximum absolute atomic E-state index is 5.50. The third-order valence-corrected chi connectivity index (χ3v) is 5.24. The van der Waals surface area contributed by atoms with Crippen LogP contribution in [0.2, 0.25) is 0 Å². The summed E-state index contributed by atoms with van der Waals surface area (Å²) >= 11 is 1.93. The minimum atomic E-state index is 0.316. The summed E-state index contributed by atoms with van der Waals surface area (Å²) in [7, 11) is 1.99. The molecule has 0 bridgehead atoms. The molecule has 0 saturated carbocycles. The van der Waals surface area contributed by atoms with E-state index in [2.05, 4.69) is 53.6 Å². The molecular formula is C16H21N3OS. The first-order valence-electron chi connectivity index (χ1n) is 7.38. The van der Waals surface area contributed by atoms with E-state index in [0.29, 0.717) is 23.7 Å². The van der Waals surface area contributed by atoms with E-state index in [4.69, 9.17) is 4.52 Å². The lowest BCUT2D eigenvalue weighted by Crippen LogP contribution is -2.31. The fourth-order valence-electron chi connectivity index (χ4n) is 2.60. The number of thioether (sulfide) groups is 1. The quantitative estimate of drug-likeness (QED) is 0.939. The number of likely N-dealkylation sites (N-methyl/N-ethyl adjacent to an activating group) is 1. The van der Waals surface area contributed by atoms with Gasteiger partial charge in [-0.1, -0.05) is 43.3 Å². The Kier molecular flexibility index (Phi) is 4.31. The molecule has 1 aromatic carbocycles. The van der Waals surface area contributed by atoms with Crippen molar-refractivity contribution in [3.8, 4) is 11.4 Å². The zero-order chi connectivity index (χ0) is 14.8. The van der Waals surface area contributed by atoms with Gasteiger partial charge in [0.1, 0.15) is 0 Å². The lowest BCUT2D eigenvalue weighted by molar-refractivity contribution is 0.344. The number of aromatic nitrogens is 2. The van der Waals surface area contributed by atoms with Crippen molar-refractivity contribution in [2.75, 3.05) is 18.6 Å². The molecule has 2 heterocycles. The normalized spacial score (nSPS) is 22.1. The lowest BCUT2D eigenvalue weighted by atomic mass is 10.0. The van der Waals surface area contributed by atoms with Crippen LogP contribution < -0.4 is 5.32 Å². The van der Waals surface area contributed by atoms with Gasteiger partial charge >= 0.3 is 0 Å². The van der Waals surface area contributed by atoms with Crippen LogP contribution in [0.3, 0.4) is 0 Å². The number of hydrogen-bond donors (Lipinski definition) is 1. The Hall–Kier alpha value is -1.33. The number of benzene rings is 1. The van der Waals surface area contributed by atoms with Crippen molar-refractivity contribution in [3.05, 3.63) is 35.7 Å². The Bertz CT molecular complexity index is 594. The first kappa shape index (κ1) is 14.6. The molecule has 4 nitrogen and oxygen atoms in total. The first-order chi connectivity index (χ1) is 10.2. The second-order valence-corrected chi connectivity index (χ2v) is 6.85. The second kappa shape index (κ2) is 6.20. The number of hydrogen-bond acceptors (Lipinski definition) is 5. The van der Waals surface area contributed by atoms with Gasteiger partial charge in [0.15, 0.2) is 0 Å². The van der Waals surface area contributed by atoms with Crippen LogP contribution in [-0.4, -0.2) is 34.7 Å². The van der Waals surface area contributed by atoms with Gasteiger partial charge in [-0.05, 0) is 18.5 Å². The summed E-state index contributed by atoms with van der Waals surface area (Å²) in [6.07, 6.45) is 0. The molecule has 1 N–H and O–H groups in total. The fraction of sp³-hybridized carbons (Fsp3) is 0.500. The van der Waals surface area contributed by atoms with E-state index >= 15 is 0 Å². The van der Waals surface area contributed by atoms with E-state index in [0.717, 1.165) is 23.0 Å². The van der Waals surface area contributed by atoms with Crippen molar-refractivity contribution in [1.82, 2.24) is 15.5 Å². The smallest absolute Gasteiger partial charge is 0.232 e. The summed E-state index contributed by atoms with van der Waals surface area (Å²) in [4.78, 5) is 4.60. The zero-order valence-corrected chi connectivity index (χ0v) is 13.5. The van der Waals surface area contributed by atoms with Gasteiger partial charge in [-0.25, -0.2) is 0 Å². The van der Waals surface area contributed by atoms with Crippen molar-refractivity contribution < 1.29 is 4.52 Å². The summed E-state index contributed by atoms with van der Waals surface area (Å²) in [5.74, 6) is 4.43. The lowest BCUT2D eigenvalue weighted by Gasteiger charge is -2.13. The summed E-state index contributed by atoms with van der Waals surface area (Å²) in [6, 6.07) is 8.84. The zero-order valence-electron chi connectivity index (χ0n) is 12.7. The molecule has 5 heteroatoms. The molecule has 1 aromatic heterocycles. The SMILES string of the molecule is CNC1CSCC1c1nc(-c2ccc(C(C)C)cc2)no1. The van der Waals surface area contributed by atoms with Crippen molar-refractivity contribution in [3.63, 3.8) is 0 Å². The summed E-state index contributed by atoms with van der Waals surface area (Å²) in [6.45, 7) is 4.38. The minimum Gasteiger partial charge on any atom is -0.339 e. The molecule has 1 aliphatic heterocycles. The van der Waals surface area contributed by atoms with Crippen LogP contribution in [0.15, 0.2) is 28.8 Å². The molecule has 0 amide bonds. The average molecular weight is 303 g/mol. The topological polar surface area (TPSA) is 51.0 Å². The minimum absolute atomic E-state index is 0.316. The van der Waals surface area contributed by atoms with Crippen LogP contribution >= 0.6 is 11.8 Å². The standard InChI is InChI=1S/C16H21N3OS/c1-10(2)11-4-6-12(7-5-11)15-18-16(20-19-15)13-8-21-9-14(13)17-3/h4-7,10,13-14,17H,8-9H2,1-3H3. The van der Waals surface area contributed by atoms with Gasteiger partial charge in [0.2, 0.25) is 11.7 Å². The number of nitrogens with one attached hydrogen (secondary N) is 1. The molecule has 1 saturated heterocycles. The highest BCUT2D eigenvalue weighted by atomic mass is 32.2. The van der Waals surface area contributed by atoms with Crippen molar-refractivity contribution in [1.29, 1.82) is 0 Å².